The van der Waals surface area contributed by atoms with Crippen molar-refractivity contribution in [2.75, 3.05) is 37.2 Å². The van der Waals surface area contributed by atoms with Crippen LogP contribution in [0, 0.1) is 5.82 Å². The highest BCUT2D eigenvalue weighted by atomic mass is 32.2. The minimum atomic E-state index is -3.14. The molecule has 2 aromatic rings. The topological polar surface area (TPSA) is 69.7 Å². The standard InChI is InChI=1S/C20H24FN3O3S/c1-2-28(26,27)24-11-9-23(10-12-24)15-16-5-3-6-17(13-16)20(25)22-19-8-4-7-18(21)14-19/h3-8,13-14H,2,9-12,15H2,1H3,(H,22,25). The molecule has 0 spiro atoms. The van der Waals surface area contributed by atoms with E-state index in [1.165, 1.54) is 16.4 Å². The molecule has 8 heteroatoms. The predicted molar refractivity (Wildman–Crippen MR) is 107 cm³/mol. The van der Waals surface area contributed by atoms with Crippen molar-refractivity contribution < 1.29 is 17.6 Å². The smallest absolute Gasteiger partial charge is 0.255 e. The van der Waals surface area contributed by atoms with Crippen LogP contribution >= 0.6 is 0 Å². The van der Waals surface area contributed by atoms with Gasteiger partial charge in [-0.2, -0.15) is 4.31 Å². The van der Waals surface area contributed by atoms with Crippen molar-refractivity contribution in [2.24, 2.45) is 0 Å². The molecule has 1 aliphatic heterocycles. The van der Waals surface area contributed by atoms with Crippen molar-refractivity contribution >= 4 is 21.6 Å². The van der Waals surface area contributed by atoms with Gasteiger partial charge in [0.1, 0.15) is 5.82 Å². The number of carbonyl (C=O) groups is 1. The van der Waals surface area contributed by atoms with E-state index in [4.69, 9.17) is 0 Å². The molecule has 0 atom stereocenters. The molecule has 2 aromatic carbocycles. The summed E-state index contributed by atoms with van der Waals surface area (Å²) in [5, 5.41) is 2.69. The van der Waals surface area contributed by atoms with Crippen LogP contribution in [0.1, 0.15) is 22.8 Å². The lowest BCUT2D eigenvalue weighted by atomic mass is 10.1. The summed E-state index contributed by atoms with van der Waals surface area (Å²) in [6.07, 6.45) is 0. The number of amides is 1. The molecular weight excluding hydrogens is 381 g/mol. The first-order chi connectivity index (χ1) is 13.4. The number of nitrogens with zero attached hydrogens (tertiary/aromatic N) is 2. The average molecular weight is 405 g/mol. The summed E-state index contributed by atoms with van der Waals surface area (Å²) < 4.78 is 38.7. The van der Waals surface area contributed by atoms with Crippen LogP contribution in [0.2, 0.25) is 0 Å². The molecule has 150 valence electrons. The van der Waals surface area contributed by atoms with Gasteiger partial charge in [-0.3, -0.25) is 9.69 Å². The molecule has 0 unspecified atom stereocenters. The number of carbonyl (C=O) groups excluding carboxylic acids is 1. The highest BCUT2D eigenvalue weighted by Crippen LogP contribution is 2.15. The maximum Gasteiger partial charge on any atom is 0.255 e. The normalized spacial score (nSPS) is 16.1. The van der Waals surface area contributed by atoms with Crippen LogP contribution in [0.15, 0.2) is 48.5 Å². The van der Waals surface area contributed by atoms with Crippen molar-refractivity contribution in [3.63, 3.8) is 0 Å². The Labute approximate surface area is 165 Å². The summed E-state index contributed by atoms with van der Waals surface area (Å²) in [6.45, 7) is 4.56. The molecule has 1 aliphatic rings. The third kappa shape index (κ3) is 5.15. The van der Waals surface area contributed by atoms with E-state index >= 15 is 0 Å². The second-order valence-corrected chi connectivity index (χ2v) is 9.00. The van der Waals surface area contributed by atoms with E-state index in [1.54, 1.807) is 25.1 Å². The number of piperazine rings is 1. The third-order valence-electron chi connectivity index (χ3n) is 4.77. The molecule has 1 amide bonds. The summed E-state index contributed by atoms with van der Waals surface area (Å²) in [7, 11) is -3.14. The van der Waals surface area contributed by atoms with Gasteiger partial charge in [-0.15, -0.1) is 0 Å². The molecule has 3 rings (SSSR count). The van der Waals surface area contributed by atoms with E-state index in [0.29, 0.717) is 44.0 Å². The van der Waals surface area contributed by atoms with Crippen LogP contribution in [-0.2, 0) is 16.6 Å². The van der Waals surface area contributed by atoms with Crippen molar-refractivity contribution in [2.45, 2.75) is 13.5 Å². The lowest BCUT2D eigenvalue weighted by molar-refractivity contribution is 0.102. The van der Waals surface area contributed by atoms with Gasteiger partial charge in [0.15, 0.2) is 0 Å². The van der Waals surface area contributed by atoms with Gasteiger partial charge in [0.2, 0.25) is 10.0 Å². The van der Waals surface area contributed by atoms with Gasteiger partial charge >= 0.3 is 0 Å². The number of benzene rings is 2. The van der Waals surface area contributed by atoms with E-state index in [2.05, 4.69) is 10.2 Å². The largest absolute Gasteiger partial charge is 0.322 e. The van der Waals surface area contributed by atoms with Gasteiger partial charge in [0.05, 0.1) is 5.75 Å². The number of rotatable bonds is 6. The first-order valence-electron chi connectivity index (χ1n) is 9.23. The highest BCUT2D eigenvalue weighted by molar-refractivity contribution is 7.89. The van der Waals surface area contributed by atoms with Gasteiger partial charge < -0.3 is 5.32 Å². The van der Waals surface area contributed by atoms with Gasteiger partial charge in [-0.05, 0) is 42.8 Å². The molecular formula is C20H24FN3O3S. The Balaban J connectivity index is 1.60. The van der Waals surface area contributed by atoms with Gasteiger partial charge in [0, 0.05) is 44.0 Å². The summed E-state index contributed by atoms with van der Waals surface area (Å²) >= 11 is 0. The van der Waals surface area contributed by atoms with E-state index in [0.717, 1.165) is 5.56 Å². The Morgan fingerprint density at radius 1 is 1.07 bits per heavy atom. The lowest BCUT2D eigenvalue weighted by Gasteiger charge is -2.33. The molecule has 0 radical (unpaired) electrons. The number of sulfonamides is 1. The molecule has 0 bridgehead atoms. The number of anilines is 1. The second kappa shape index (κ2) is 8.81. The minimum Gasteiger partial charge on any atom is -0.322 e. The fourth-order valence-corrected chi connectivity index (χ4v) is 4.27. The Bertz CT molecular complexity index is 941. The van der Waals surface area contributed by atoms with E-state index in [-0.39, 0.29) is 11.7 Å². The SMILES string of the molecule is CCS(=O)(=O)N1CCN(Cc2cccc(C(=O)Nc3cccc(F)c3)c2)CC1. The molecule has 1 fully saturated rings. The summed E-state index contributed by atoms with van der Waals surface area (Å²) in [6, 6.07) is 13.0. The van der Waals surface area contributed by atoms with E-state index < -0.39 is 15.8 Å². The fourth-order valence-electron chi connectivity index (χ4n) is 3.19. The Morgan fingerprint density at radius 3 is 2.46 bits per heavy atom. The maximum absolute atomic E-state index is 13.3. The highest BCUT2D eigenvalue weighted by Gasteiger charge is 2.25. The molecule has 1 N–H and O–H groups in total. The molecule has 1 saturated heterocycles. The minimum absolute atomic E-state index is 0.121. The van der Waals surface area contributed by atoms with Crippen molar-refractivity contribution in [3.8, 4) is 0 Å². The Hall–Kier alpha value is -2.29. The first kappa shape index (κ1) is 20.4. The van der Waals surface area contributed by atoms with Gasteiger partial charge in [-0.25, -0.2) is 12.8 Å². The zero-order valence-electron chi connectivity index (χ0n) is 15.8. The Kier molecular flexibility index (Phi) is 6.43. The van der Waals surface area contributed by atoms with Crippen molar-refractivity contribution in [3.05, 3.63) is 65.5 Å². The number of hydrogen-bond donors (Lipinski definition) is 1. The lowest BCUT2D eigenvalue weighted by Crippen LogP contribution is -2.48. The van der Waals surface area contributed by atoms with Gasteiger partial charge in [-0.1, -0.05) is 18.2 Å². The van der Waals surface area contributed by atoms with Crippen LogP contribution in [-0.4, -0.2) is 55.5 Å². The maximum atomic E-state index is 13.3. The van der Waals surface area contributed by atoms with Crippen LogP contribution in [0.3, 0.4) is 0 Å². The van der Waals surface area contributed by atoms with E-state index in [9.17, 15) is 17.6 Å². The Morgan fingerprint density at radius 2 is 1.79 bits per heavy atom. The molecule has 0 aromatic heterocycles. The molecule has 1 heterocycles. The third-order valence-corrected chi connectivity index (χ3v) is 6.65. The number of halogens is 1. The number of hydrogen-bond acceptors (Lipinski definition) is 4. The quantitative estimate of drug-likeness (QED) is 0.802. The zero-order valence-corrected chi connectivity index (χ0v) is 16.6. The summed E-state index contributed by atoms with van der Waals surface area (Å²) in [5.74, 6) is -0.586. The summed E-state index contributed by atoms with van der Waals surface area (Å²) in [5.41, 5.74) is 1.87. The summed E-state index contributed by atoms with van der Waals surface area (Å²) in [4.78, 5) is 14.6. The fraction of sp³-hybridized carbons (Fsp3) is 0.350. The molecule has 28 heavy (non-hydrogen) atoms. The molecule has 0 saturated carbocycles. The van der Waals surface area contributed by atoms with Crippen LogP contribution in [0.25, 0.3) is 0 Å². The van der Waals surface area contributed by atoms with Crippen molar-refractivity contribution in [1.29, 1.82) is 0 Å². The monoisotopic (exact) mass is 405 g/mol. The second-order valence-electron chi connectivity index (χ2n) is 6.74. The van der Waals surface area contributed by atoms with Crippen molar-refractivity contribution in [1.82, 2.24) is 9.21 Å². The molecule has 6 nitrogen and oxygen atoms in total. The van der Waals surface area contributed by atoms with Crippen LogP contribution < -0.4 is 5.32 Å². The van der Waals surface area contributed by atoms with Crippen LogP contribution in [0.5, 0.6) is 0 Å². The zero-order chi connectivity index (χ0) is 20.1. The van der Waals surface area contributed by atoms with Crippen LogP contribution in [0.4, 0.5) is 10.1 Å². The van der Waals surface area contributed by atoms with Gasteiger partial charge in [0.25, 0.3) is 5.91 Å². The first-order valence-corrected chi connectivity index (χ1v) is 10.8. The predicted octanol–water partition coefficient (Wildman–Crippen LogP) is 2.55. The molecule has 0 aliphatic carbocycles. The van der Waals surface area contributed by atoms with E-state index in [1.807, 2.05) is 18.2 Å². The average Bonchev–Trinajstić information content (AvgIpc) is 2.68. The number of nitrogens with one attached hydrogen (secondary N) is 1.